The molecule has 1 fully saturated rings. The highest BCUT2D eigenvalue weighted by Crippen LogP contribution is 2.39. The maximum Gasteiger partial charge on any atom is 0.418 e. The van der Waals surface area contributed by atoms with Gasteiger partial charge >= 0.3 is 12.1 Å². The minimum Gasteiger partial charge on any atom is -0.469 e. The molecule has 1 saturated heterocycles. The molecule has 0 spiro atoms. The number of halogens is 4. The number of carbonyl (C=O) groups is 1. The van der Waals surface area contributed by atoms with Crippen molar-refractivity contribution in [3.8, 4) is 0 Å². The van der Waals surface area contributed by atoms with Crippen LogP contribution >= 0.6 is 15.9 Å². The fraction of sp³-hybridized carbons (Fsp3) is 0.500. The number of anilines is 1. The minimum absolute atomic E-state index is 0.161. The number of hydrogen-bond donors (Lipinski definition) is 0. The van der Waals surface area contributed by atoms with Crippen molar-refractivity contribution in [3.63, 3.8) is 0 Å². The van der Waals surface area contributed by atoms with E-state index in [2.05, 4.69) is 20.7 Å². The van der Waals surface area contributed by atoms with Gasteiger partial charge in [0.1, 0.15) is 0 Å². The van der Waals surface area contributed by atoms with Crippen LogP contribution in [0.5, 0.6) is 0 Å². The third-order valence-corrected chi connectivity index (χ3v) is 4.13. The van der Waals surface area contributed by atoms with Gasteiger partial charge in [-0.05, 0) is 31.0 Å². The van der Waals surface area contributed by atoms with E-state index in [4.69, 9.17) is 0 Å². The quantitative estimate of drug-likeness (QED) is 0.745. The molecule has 0 radical (unpaired) electrons. The normalized spacial score (nSPS) is 16.9. The summed E-state index contributed by atoms with van der Waals surface area (Å²) in [5.74, 6) is -0.516. The molecule has 0 atom stereocenters. The molecule has 0 aromatic heterocycles. The van der Waals surface area contributed by atoms with E-state index in [9.17, 15) is 18.0 Å². The molecule has 0 unspecified atom stereocenters. The molecule has 0 aliphatic carbocycles. The Bertz CT molecular complexity index is 525. The minimum atomic E-state index is -4.40. The van der Waals surface area contributed by atoms with Gasteiger partial charge in [0.15, 0.2) is 0 Å². The van der Waals surface area contributed by atoms with Crippen LogP contribution in [0.3, 0.4) is 0 Å². The second kappa shape index (κ2) is 6.25. The first kappa shape index (κ1) is 16.1. The van der Waals surface area contributed by atoms with Crippen molar-refractivity contribution in [2.24, 2.45) is 5.92 Å². The van der Waals surface area contributed by atoms with E-state index in [0.717, 1.165) is 6.07 Å². The lowest BCUT2D eigenvalue weighted by Crippen LogP contribution is -2.37. The summed E-state index contributed by atoms with van der Waals surface area (Å²) in [6, 6.07) is 4.14. The molecule has 2 rings (SSSR count). The van der Waals surface area contributed by atoms with Crippen LogP contribution in [0.25, 0.3) is 0 Å². The van der Waals surface area contributed by atoms with Crippen molar-refractivity contribution in [2.45, 2.75) is 19.0 Å². The Balaban J connectivity index is 2.19. The summed E-state index contributed by atoms with van der Waals surface area (Å²) in [7, 11) is 1.32. The van der Waals surface area contributed by atoms with Gasteiger partial charge in [0.25, 0.3) is 0 Å². The van der Waals surface area contributed by atoms with E-state index in [1.54, 1.807) is 11.0 Å². The van der Waals surface area contributed by atoms with Crippen molar-refractivity contribution in [1.29, 1.82) is 0 Å². The summed E-state index contributed by atoms with van der Waals surface area (Å²) < 4.78 is 44.4. The number of rotatable bonds is 2. The van der Waals surface area contributed by atoms with E-state index in [-0.39, 0.29) is 17.6 Å². The Morgan fingerprint density at radius 3 is 2.48 bits per heavy atom. The first-order chi connectivity index (χ1) is 9.82. The second-order valence-electron chi connectivity index (χ2n) is 4.94. The van der Waals surface area contributed by atoms with Gasteiger partial charge in [-0.3, -0.25) is 4.79 Å². The third-order valence-electron chi connectivity index (χ3n) is 3.63. The predicted molar refractivity (Wildman–Crippen MR) is 76.1 cm³/mol. The van der Waals surface area contributed by atoms with Crippen LogP contribution in [0.4, 0.5) is 18.9 Å². The van der Waals surface area contributed by atoms with Gasteiger partial charge in [0.05, 0.1) is 18.6 Å². The zero-order valence-electron chi connectivity index (χ0n) is 11.4. The number of ether oxygens (including phenoxy) is 1. The fourth-order valence-electron chi connectivity index (χ4n) is 2.53. The Morgan fingerprint density at radius 1 is 1.33 bits per heavy atom. The van der Waals surface area contributed by atoms with Crippen molar-refractivity contribution in [3.05, 3.63) is 28.2 Å². The molecular formula is C14H15BrF3NO2. The molecule has 1 heterocycles. The second-order valence-corrected chi connectivity index (χ2v) is 5.86. The number of benzene rings is 1. The number of hydrogen-bond acceptors (Lipinski definition) is 3. The summed E-state index contributed by atoms with van der Waals surface area (Å²) in [5.41, 5.74) is -0.498. The Hall–Kier alpha value is -1.24. The Kier molecular flexibility index (Phi) is 4.81. The Morgan fingerprint density at radius 2 is 1.95 bits per heavy atom. The molecule has 116 valence electrons. The largest absolute Gasteiger partial charge is 0.469 e. The van der Waals surface area contributed by atoms with Crippen LogP contribution in [0.15, 0.2) is 22.7 Å². The van der Waals surface area contributed by atoms with Gasteiger partial charge < -0.3 is 9.64 Å². The molecule has 0 amide bonds. The van der Waals surface area contributed by atoms with Gasteiger partial charge in [-0.25, -0.2) is 0 Å². The van der Waals surface area contributed by atoms with Crippen LogP contribution in [0.2, 0.25) is 0 Å². The Labute approximate surface area is 129 Å². The summed E-state index contributed by atoms with van der Waals surface area (Å²) in [6.07, 6.45) is -3.40. The highest BCUT2D eigenvalue weighted by atomic mass is 79.9. The van der Waals surface area contributed by atoms with Gasteiger partial charge in [0.2, 0.25) is 0 Å². The maximum absolute atomic E-state index is 13.1. The number of alkyl halides is 3. The fourth-order valence-corrected chi connectivity index (χ4v) is 2.89. The molecule has 1 aliphatic heterocycles. The topological polar surface area (TPSA) is 29.5 Å². The molecule has 7 heteroatoms. The van der Waals surface area contributed by atoms with E-state index in [1.165, 1.54) is 13.2 Å². The average molecular weight is 366 g/mol. The van der Waals surface area contributed by atoms with E-state index in [0.29, 0.717) is 30.4 Å². The summed E-state index contributed by atoms with van der Waals surface area (Å²) in [5, 5.41) is 0. The van der Waals surface area contributed by atoms with Crippen LogP contribution in [-0.2, 0) is 15.7 Å². The first-order valence-corrected chi connectivity index (χ1v) is 7.31. The number of carbonyl (C=O) groups excluding carboxylic acids is 1. The standard InChI is InChI=1S/C14H15BrF3NO2/c1-21-13(20)9-4-6-19(7-5-9)12-3-2-10(15)8-11(12)14(16,17)18/h2-3,8-9H,4-7H2,1H3. The van der Waals surface area contributed by atoms with Crippen LogP contribution in [0, 0.1) is 5.92 Å². The number of esters is 1. The SMILES string of the molecule is COC(=O)C1CCN(c2ccc(Br)cc2C(F)(F)F)CC1. The van der Waals surface area contributed by atoms with Crippen molar-refractivity contribution >= 4 is 27.6 Å². The van der Waals surface area contributed by atoms with Gasteiger partial charge in [-0.1, -0.05) is 15.9 Å². The van der Waals surface area contributed by atoms with Crippen molar-refractivity contribution < 1.29 is 22.7 Å². The zero-order valence-corrected chi connectivity index (χ0v) is 13.0. The van der Waals surface area contributed by atoms with E-state index < -0.39 is 11.7 Å². The smallest absolute Gasteiger partial charge is 0.418 e. The van der Waals surface area contributed by atoms with Crippen LogP contribution in [-0.4, -0.2) is 26.2 Å². The van der Waals surface area contributed by atoms with Gasteiger partial charge in [-0.15, -0.1) is 0 Å². The zero-order chi connectivity index (χ0) is 15.6. The van der Waals surface area contributed by atoms with Crippen molar-refractivity contribution in [1.82, 2.24) is 0 Å². The predicted octanol–water partition coefficient (Wildman–Crippen LogP) is 3.86. The molecule has 3 nitrogen and oxygen atoms in total. The molecule has 1 aromatic carbocycles. The third kappa shape index (κ3) is 3.70. The highest BCUT2D eigenvalue weighted by Gasteiger charge is 2.36. The number of nitrogens with zero attached hydrogens (tertiary/aromatic N) is 1. The maximum atomic E-state index is 13.1. The first-order valence-electron chi connectivity index (χ1n) is 6.52. The lowest BCUT2D eigenvalue weighted by molar-refractivity contribution is -0.146. The highest BCUT2D eigenvalue weighted by molar-refractivity contribution is 9.10. The molecule has 0 saturated carbocycles. The molecule has 0 N–H and O–H groups in total. The molecular weight excluding hydrogens is 351 g/mol. The van der Waals surface area contributed by atoms with Crippen molar-refractivity contribution in [2.75, 3.05) is 25.1 Å². The van der Waals surface area contributed by atoms with Gasteiger partial charge in [0, 0.05) is 23.2 Å². The number of piperidine rings is 1. The molecule has 21 heavy (non-hydrogen) atoms. The van der Waals surface area contributed by atoms with Gasteiger partial charge in [-0.2, -0.15) is 13.2 Å². The summed E-state index contributed by atoms with van der Waals surface area (Å²) in [6.45, 7) is 0.814. The monoisotopic (exact) mass is 365 g/mol. The summed E-state index contributed by atoms with van der Waals surface area (Å²) >= 11 is 3.07. The van der Waals surface area contributed by atoms with E-state index in [1.807, 2.05) is 0 Å². The lowest BCUT2D eigenvalue weighted by Gasteiger charge is -2.34. The molecule has 1 aliphatic rings. The van der Waals surface area contributed by atoms with E-state index >= 15 is 0 Å². The summed E-state index contributed by atoms with van der Waals surface area (Å²) in [4.78, 5) is 13.1. The molecule has 1 aromatic rings. The number of methoxy groups -OCH3 is 1. The van der Waals surface area contributed by atoms with Crippen LogP contribution in [0.1, 0.15) is 18.4 Å². The lowest BCUT2D eigenvalue weighted by atomic mass is 9.96. The van der Waals surface area contributed by atoms with Crippen LogP contribution < -0.4 is 4.90 Å². The average Bonchev–Trinajstić information content (AvgIpc) is 2.45. The molecule has 0 bridgehead atoms.